The number of aryl methyl sites for hydroxylation is 1. The average Bonchev–Trinajstić information content (AvgIpc) is 2.43. The first-order valence-electron chi connectivity index (χ1n) is 7.71. The number of nitrogens with one attached hydrogen (secondary N) is 3. The van der Waals surface area contributed by atoms with Gasteiger partial charge in [0, 0.05) is 12.2 Å². The summed E-state index contributed by atoms with van der Waals surface area (Å²) >= 11 is 0. The van der Waals surface area contributed by atoms with Crippen molar-refractivity contribution in [2.75, 3.05) is 5.32 Å². The summed E-state index contributed by atoms with van der Waals surface area (Å²) in [4.78, 5) is 38.2. The number of hydrogen-bond acceptors (Lipinski definition) is 5. The Kier molecular flexibility index (Phi) is 6.72. The van der Waals surface area contributed by atoms with Crippen LogP contribution in [-0.4, -0.2) is 39.8 Å². The summed E-state index contributed by atoms with van der Waals surface area (Å²) in [6.07, 6.45) is -1.87. The van der Waals surface area contributed by atoms with Crippen molar-refractivity contribution in [3.63, 3.8) is 0 Å². The van der Waals surface area contributed by atoms with Crippen LogP contribution in [0.4, 0.5) is 15.4 Å². The molecule has 0 radical (unpaired) electrons. The number of hydrogen-bond donors (Lipinski definition) is 4. The highest BCUT2D eigenvalue weighted by atomic mass is 16.6. The Morgan fingerprint density at radius 3 is 2.44 bits per heavy atom. The molecule has 0 aliphatic heterocycles. The monoisotopic (exact) mass is 352 g/mol. The molecule has 25 heavy (non-hydrogen) atoms. The van der Waals surface area contributed by atoms with Gasteiger partial charge in [0.1, 0.15) is 17.5 Å². The van der Waals surface area contributed by atoms with Gasteiger partial charge >= 0.3 is 12.2 Å². The Bertz CT molecular complexity index is 654. The molecule has 9 nitrogen and oxygen atoms in total. The zero-order chi connectivity index (χ0) is 19.2. The van der Waals surface area contributed by atoms with Gasteiger partial charge in [-0.3, -0.25) is 10.1 Å². The Morgan fingerprint density at radius 1 is 1.28 bits per heavy atom. The molecule has 138 valence electrons. The topological polar surface area (TPSA) is 130 Å². The fourth-order valence-electron chi connectivity index (χ4n) is 1.84. The number of carbonyl (C=O) groups excluding carboxylic acids is 2. The summed E-state index contributed by atoms with van der Waals surface area (Å²) in [5, 5.41) is 15.8. The summed E-state index contributed by atoms with van der Waals surface area (Å²) < 4.78 is 5.15. The van der Waals surface area contributed by atoms with Crippen molar-refractivity contribution in [1.29, 1.82) is 0 Å². The molecule has 0 spiro atoms. The van der Waals surface area contributed by atoms with Gasteiger partial charge in [0.15, 0.2) is 0 Å². The maximum absolute atomic E-state index is 11.8. The van der Waals surface area contributed by atoms with Crippen molar-refractivity contribution >= 4 is 23.9 Å². The lowest BCUT2D eigenvalue weighted by molar-refractivity contribution is -0.122. The van der Waals surface area contributed by atoms with Crippen molar-refractivity contribution in [3.05, 3.63) is 23.4 Å². The molecule has 1 atom stereocenters. The van der Waals surface area contributed by atoms with Crippen molar-refractivity contribution in [2.24, 2.45) is 0 Å². The van der Waals surface area contributed by atoms with Crippen LogP contribution in [0.3, 0.4) is 0 Å². The maximum Gasteiger partial charge on any atom is 0.413 e. The van der Waals surface area contributed by atoms with Gasteiger partial charge in [-0.05, 0) is 46.2 Å². The zero-order valence-electron chi connectivity index (χ0n) is 15.0. The zero-order valence-corrected chi connectivity index (χ0v) is 15.0. The van der Waals surface area contributed by atoms with Crippen molar-refractivity contribution in [2.45, 2.75) is 52.8 Å². The normalized spacial score (nSPS) is 12.0. The highest BCUT2D eigenvalue weighted by molar-refractivity contribution is 5.85. The molecule has 4 N–H and O–H groups in total. The Hall–Kier alpha value is -2.84. The number of nitrogens with zero attached hydrogens (tertiary/aromatic N) is 1. The SMILES string of the molecule is Cc1nc(NC(=O)OC(C)(C)C)ccc1CNC(=O)C(C)NC(=O)O. The fourth-order valence-corrected chi connectivity index (χ4v) is 1.84. The van der Waals surface area contributed by atoms with Gasteiger partial charge in [-0.2, -0.15) is 0 Å². The summed E-state index contributed by atoms with van der Waals surface area (Å²) in [7, 11) is 0. The van der Waals surface area contributed by atoms with E-state index in [2.05, 4.69) is 20.9 Å². The van der Waals surface area contributed by atoms with E-state index in [0.717, 1.165) is 5.56 Å². The molecular weight excluding hydrogens is 328 g/mol. The second-order valence-electron chi connectivity index (χ2n) is 6.46. The van der Waals surface area contributed by atoms with E-state index in [-0.39, 0.29) is 6.54 Å². The second kappa shape index (κ2) is 8.32. The smallest absolute Gasteiger partial charge is 0.413 e. The van der Waals surface area contributed by atoms with E-state index >= 15 is 0 Å². The highest BCUT2D eigenvalue weighted by Gasteiger charge is 2.17. The third-order valence-corrected chi connectivity index (χ3v) is 3.01. The molecule has 0 fully saturated rings. The number of rotatable bonds is 5. The van der Waals surface area contributed by atoms with Crippen molar-refractivity contribution in [3.8, 4) is 0 Å². The van der Waals surface area contributed by atoms with Gasteiger partial charge in [0.25, 0.3) is 0 Å². The average molecular weight is 352 g/mol. The van der Waals surface area contributed by atoms with Crippen LogP contribution < -0.4 is 16.0 Å². The molecule has 0 bridgehead atoms. The summed E-state index contributed by atoms with van der Waals surface area (Å²) in [5.41, 5.74) is 0.752. The van der Waals surface area contributed by atoms with E-state index in [9.17, 15) is 14.4 Å². The number of pyridine rings is 1. The third-order valence-electron chi connectivity index (χ3n) is 3.01. The quantitative estimate of drug-likeness (QED) is 0.641. The molecular formula is C16H24N4O5. The van der Waals surface area contributed by atoms with Crippen LogP contribution in [-0.2, 0) is 16.1 Å². The lowest BCUT2D eigenvalue weighted by Crippen LogP contribution is -2.44. The first-order valence-corrected chi connectivity index (χ1v) is 7.71. The predicted octanol–water partition coefficient (Wildman–Crippen LogP) is 2.01. The minimum Gasteiger partial charge on any atom is -0.465 e. The third kappa shape index (κ3) is 7.51. The molecule has 1 unspecified atom stereocenters. The van der Waals surface area contributed by atoms with Gasteiger partial charge in [-0.1, -0.05) is 6.07 Å². The van der Waals surface area contributed by atoms with E-state index in [1.54, 1.807) is 39.8 Å². The van der Waals surface area contributed by atoms with Gasteiger partial charge in [0.2, 0.25) is 5.91 Å². The summed E-state index contributed by atoms with van der Waals surface area (Å²) in [5.74, 6) is -0.111. The minimum atomic E-state index is -1.27. The fraction of sp³-hybridized carbons (Fsp3) is 0.500. The number of aromatic nitrogens is 1. The lowest BCUT2D eigenvalue weighted by Gasteiger charge is -2.19. The molecule has 0 aliphatic carbocycles. The number of carbonyl (C=O) groups is 3. The molecule has 1 rings (SSSR count). The predicted molar refractivity (Wildman–Crippen MR) is 91.3 cm³/mol. The van der Waals surface area contributed by atoms with Crippen LogP contribution in [0.1, 0.15) is 39.0 Å². The molecule has 3 amide bonds. The van der Waals surface area contributed by atoms with Crippen LogP contribution in [0.2, 0.25) is 0 Å². The van der Waals surface area contributed by atoms with Gasteiger partial charge in [-0.15, -0.1) is 0 Å². The van der Waals surface area contributed by atoms with E-state index < -0.39 is 29.7 Å². The second-order valence-corrected chi connectivity index (χ2v) is 6.46. The molecule has 0 saturated carbocycles. The molecule has 0 aliphatic rings. The first-order chi connectivity index (χ1) is 11.5. The standard InChI is InChI=1S/C16H24N4O5/c1-9-11(8-17-13(21)10(2)19-14(22)23)6-7-12(18-9)20-15(24)25-16(3,4)5/h6-7,10,19H,8H2,1-5H3,(H,17,21)(H,22,23)(H,18,20,24). The van der Waals surface area contributed by atoms with E-state index in [4.69, 9.17) is 9.84 Å². The van der Waals surface area contributed by atoms with Crippen LogP contribution in [0, 0.1) is 6.92 Å². The van der Waals surface area contributed by atoms with E-state index in [1.165, 1.54) is 6.92 Å². The molecule has 0 saturated heterocycles. The maximum atomic E-state index is 11.8. The highest BCUT2D eigenvalue weighted by Crippen LogP contribution is 2.13. The first kappa shape index (κ1) is 20.2. The summed E-state index contributed by atoms with van der Waals surface area (Å²) in [6.45, 7) is 8.66. The van der Waals surface area contributed by atoms with Gasteiger partial charge in [0.05, 0.1) is 0 Å². The largest absolute Gasteiger partial charge is 0.465 e. The van der Waals surface area contributed by atoms with Gasteiger partial charge in [-0.25, -0.2) is 14.6 Å². The van der Waals surface area contributed by atoms with E-state index in [0.29, 0.717) is 11.5 Å². The van der Waals surface area contributed by atoms with Crippen LogP contribution in [0.5, 0.6) is 0 Å². The molecule has 1 aromatic rings. The van der Waals surface area contributed by atoms with Crippen LogP contribution in [0.15, 0.2) is 12.1 Å². The Balaban J connectivity index is 2.62. The molecule has 9 heteroatoms. The molecule has 1 heterocycles. The number of amides is 3. The summed E-state index contributed by atoms with van der Waals surface area (Å²) in [6, 6.07) is 2.45. The van der Waals surface area contributed by atoms with Crippen LogP contribution in [0.25, 0.3) is 0 Å². The molecule has 0 aromatic carbocycles. The van der Waals surface area contributed by atoms with Crippen molar-refractivity contribution in [1.82, 2.24) is 15.6 Å². The number of anilines is 1. The van der Waals surface area contributed by atoms with Crippen molar-refractivity contribution < 1.29 is 24.2 Å². The lowest BCUT2D eigenvalue weighted by atomic mass is 10.2. The number of carboxylic acid groups (broad SMARTS) is 1. The molecule has 1 aromatic heterocycles. The Labute approximate surface area is 146 Å². The van der Waals surface area contributed by atoms with Crippen LogP contribution >= 0.6 is 0 Å². The van der Waals surface area contributed by atoms with Gasteiger partial charge < -0.3 is 20.5 Å². The van der Waals surface area contributed by atoms with E-state index in [1.807, 2.05) is 0 Å². The number of ether oxygens (including phenoxy) is 1. The minimum absolute atomic E-state index is 0.190. The Morgan fingerprint density at radius 2 is 1.92 bits per heavy atom.